The van der Waals surface area contributed by atoms with Crippen LogP contribution in [0.5, 0.6) is 0 Å². The molecule has 3 rings (SSSR count). The molecule has 25 heavy (non-hydrogen) atoms. The Morgan fingerprint density at radius 2 is 1.76 bits per heavy atom. The topological polar surface area (TPSA) is 40.6 Å². The van der Waals surface area contributed by atoms with Gasteiger partial charge in [0.2, 0.25) is 11.8 Å². The van der Waals surface area contributed by atoms with Crippen molar-refractivity contribution in [2.45, 2.75) is 33.6 Å². The second-order valence-electron chi connectivity index (χ2n) is 6.73. The highest BCUT2D eigenvalue weighted by atomic mass is 16.2. The zero-order valence-electron chi connectivity index (χ0n) is 15.1. The summed E-state index contributed by atoms with van der Waals surface area (Å²) in [5.74, 6) is -0.162. The highest BCUT2D eigenvalue weighted by Crippen LogP contribution is 2.27. The minimum Gasteiger partial charge on any atom is -0.311 e. The predicted octanol–water partition coefficient (Wildman–Crippen LogP) is 3.64. The second-order valence-corrected chi connectivity index (χ2v) is 6.73. The van der Waals surface area contributed by atoms with Crippen LogP contribution >= 0.6 is 0 Å². The molecule has 0 N–H and O–H groups in total. The van der Waals surface area contributed by atoms with Crippen LogP contribution in [0.15, 0.2) is 42.5 Å². The van der Waals surface area contributed by atoms with Crippen LogP contribution in [0.25, 0.3) is 0 Å². The monoisotopic (exact) mass is 336 g/mol. The fourth-order valence-electron chi connectivity index (χ4n) is 3.50. The average Bonchev–Trinajstić information content (AvgIpc) is 2.57. The summed E-state index contributed by atoms with van der Waals surface area (Å²) in [4.78, 5) is 28.5. The van der Waals surface area contributed by atoms with Gasteiger partial charge in [0.1, 0.15) is 6.54 Å². The lowest BCUT2D eigenvalue weighted by molar-refractivity contribution is -0.121. The van der Waals surface area contributed by atoms with Crippen LogP contribution < -0.4 is 9.80 Å². The molecule has 1 aliphatic heterocycles. The van der Waals surface area contributed by atoms with Crippen LogP contribution in [-0.4, -0.2) is 24.9 Å². The van der Waals surface area contributed by atoms with E-state index in [0.29, 0.717) is 6.54 Å². The molecule has 0 saturated heterocycles. The van der Waals surface area contributed by atoms with Crippen LogP contribution in [0.3, 0.4) is 0 Å². The van der Waals surface area contributed by atoms with Crippen molar-refractivity contribution < 1.29 is 9.59 Å². The number of hydrogen-bond donors (Lipinski definition) is 0. The summed E-state index contributed by atoms with van der Waals surface area (Å²) in [6.07, 6.45) is 1.94. The van der Waals surface area contributed by atoms with Crippen molar-refractivity contribution >= 4 is 23.2 Å². The van der Waals surface area contributed by atoms with E-state index in [9.17, 15) is 9.59 Å². The number of aryl methyl sites for hydroxylation is 3. The van der Waals surface area contributed by atoms with Crippen LogP contribution in [0, 0.1) is 13.8 Å². The molecule has 0 bridgehead atoms. The molecule has 1 aliphatic rings. The molecule has 4 heteroatoms. The smallest absolute Gasteiger partial charge is 0.247 e. The summed E-state index contributed by atoms with van der Waals surface area (Å²) in [7, 11) is 0. The molecule has 1 heterocycles. The maximum atomic E-state index is 13.0. The van der Waals surface area contributed by atoms with Crippen LogP contribution in [0.4, 0.5) is 11.4 Å². The van der Waals surface area contributed by atoms with Gasteiger partial charge in [-0.1, -0.05) is 24.3 Å². The Labute approximate surface area is 149 Å². The van der Waals surface area contributed by atoms with Crippen molar-refractivity contribution in [2.75, 3.05) is 22.9 Å². The van der Waals surface area contributed by atoms with Crippen molar-refractivity contribution in [3.05, 3.63) is 59.2 Å². The van der Waals surface area contributed by atoms with Gasteiger partial charge in [0.15, 0.2) is 0 Å². The van der Waals surface area contributed by atoms with Gasteiger partial charge in [-0.15, -0.1) is 0 Å². The third-order valence-electron chi connectivity index (χ3n) is 4.60. The van der Waals surface area contributed by atoms with Crippen LogP contribution in [-0.2, 0) is 16.0 Å². The van der Waals surface area contributed by atoms with Gasteiger partial charge in [0.25, 0.3) is 0 Å². The number of fused-ring (bicyclic) bond motifs is 1. The standard InChI is InChI=1S/C21H24N2O2/c1-15-11-16(2)13-19(12-15)23(17(3)24)14-21(25)22-10-6-8-18-7-4-5-9-20(18)22/h4-5,7,9,11-13H,6,8,10,14H2,1-3H3. The number of rotatable bonds is 3. The van der Waals surface area contributed by atoms with E-state index in [4.69, 9.17) is 0 Å². The predicted molar refractivity (Wildman–Crippen MR) is 101 cm³/mol. The lowest BCUT2D eigenvalue weighted by Gasteiger charge is -2.31. The minimum absolute atomic E-state index is 0.0403. The van der Waals surface area contributed by atoms with Gasteiger partial charge < -0.3 is 9.80 Å². The number of hydrogen-bond acceptors (Lipinski definition) is 2. The number of anilines is 2. The Bertz CT molecular complexity index is 793. The highest BCUT2D eigenvalue weighted by molar-refractivity contribution is 6.03. The lowest BCUT2D eigenvalue weighted by Crippen LogP contribution is -2.44. The maximum Gasteiger partial charge on any atom is 0.247 e. The number of amides is 2. The Balaban J connectivity index is 1.86. The molecule has 0 fully saturated rings. The SMILES string of the molecule is CC(=O)N(CC(=O)N1CCCc2ccccc21)c1cc(C)cc(C)c1. The molecule has 0 spiro atoms. The van der Waals surface area contributed by atoms with Gasteiger partial charge >= 0.3 is 0 Å². The first-order valence-electron chi connectivity index (χ1n) is 8.70. The largest absolute Gasteiger partial charge is 0.311 e. The molecular formula is C21H24N2O2. The van der Waals surface area contributed by atoms with E-state index >= 15 is 0 Å². The first kappa shape index (κ1) is 17.2. The average molecular weight is 336 g/mol. The van der Waals surface area contributed by atoms with E-state index < -0.39 is 0 Å². The molecule has 2 aromatic carbocycles. The van der Waals surface area contributed by atoms with Crippen molar-refractivity contribution in [1.29, 1.82) is 0 Å². The lowest BCUT2D eigenvalue weighted by atomic mass is 10.0. The van der Waals surface area contributed by atoms with Gasteiger partial charge in [0, 0.05) is 24.8 Å². The molecule has 0 unspecified atom stereocenters. The van der Waals surface area contributed by atoms with Crippen molar-refractivity contribution in [3.63, 3.8) is 0 Å². The molecule has 0 aliphatic carbocycles. The van der Waals surface area contributed by atoms with Gasteiger partial charge in [-0.3, -0.25) is 9.59 Å². The van der Waals surface area contributed by atoms with Gasteiger partial charge in [-0.05, 0) is 61.6 Å². The summed E-state index contributed by atoms with van der Waals surface area (Å²) in [6, 6.07) is 14.0. The maximum absolute atomic E-state index is 13.0. The third-order valence-corrected chi connectivity index (χ3v) is 4.60. The zero-order valence-corrected chi connectivity index (χ0v) is 15.1. The molecular weight excluding hydrogens is 312 g/mol. The quantitative estimate of drug-likeness (QED) is 0.859. The normalized spacial score (nSPS) is 13.3. The van der Waals surface area contributed by atoms with Crippen molar-refractivity contribution in [2.24, 2.45) is 0 Å². The first-order chi connectivity index (χ1) is 12.0. The zero-order chi connectivity index (χ0) is 18.0. The molecule has 4 nitrogen and oxygen atoms in total. The summed E-state index contributed by atoms with van der Waals surface area (Å²) in [5.41, 5.74) is 5.11. The number of para-hydroxylation sites is 1. The summed E-state index contributed by atoms with van der Waals surface area (Å²) in [5, 5.41) is 0. The Morgan fingerprint density at radius 3 is 2.44 bits per heavy atom. The molecule has 0 atom stereocenters. The van der Waals surface area contributed by atoms with E-state index in [1.165, 1.54) is 12.5 Å². The Hall–Kier alpha value is -2.62. The van der Waals surface area contributed by atoms with E-state index in [1.54, 1.807) is 4.90 Å². The minimum atomic E-state index is -0.122. The number of nitrogens with zero attached hydrogens (tertiary/aromatic N) is 2. The molecule has 0 radical (unpaired) electrons. The van der Waals surface area contributed by atoms with Crippen molar-refractivity contribution in [3.8, 4) is 0 Å². The molecule has 0 aromatic heterocycles. The highest BCUT2D eigenvalue weighted by Gasteiger charge is 2.25. The molecule has 130 valence electrons. The Kier molecular flexibility index (Phi) is 4.88. The van der Waals surface area contributed by atoms with Gasteiger partial charge in [-0.25, -0.2) is 0 Å². The fourth-order valence-corrected chi connectivity index (χ4v) is 3.50. The third kappa shape index (κ3) is 3.73. The summed E-state index contributed by atoms with van der Waals surface area (Å²) in [6.45, 7) is 6.27. The van der Waals surface area contributed by atoms with Crippen LogP contribution in [0.1, 0.15) is 30.0 Å². The summed E-state index contributed by atoms with van der Waals surface area (Å²) < 4.78 is 0. The van der Waals surface area contributed by atoms with E-state index in [0.717, 1.165) is 35.3 Å². The molecule has 2 amide bonds. The van der Waals surface area contributed by atoms with Crippen molar-refractivity contribution in [1.82, 2.24) is 0 Å². The van der Waals surface area contributed by atoms with Gasteiger partial charge in [0.05, 0.1) is 0 Å². The number of carbonyl (C=O) groups is 2. The Morgan fingerprint density at radius 1 is 1.08 bits per heavy atom. The summed E-state index contributed by atoms with van der Waals surface area (Å²) >= 11 is 0. The molecule has 2 aromatic rings. The van der Waals surface area contributed by atoms with E-state index in [2.05, 4.69) is 12.1 Å². The fraction of sp³-hybridized carbons (Fsp3) is 0.333. The second kappa shape index (κ2) is 7.09. The van der Waals surface area contributed by atoms with Gasteiger partial charge in [-0.2, -0.15) is 0 Å². The number of benzene rings is 2. The number of carbonyl (C=O) groups excluding carboxylic acids is 2. The molecule has 0 saturated carbocycles. The van der Waals surface area contributed by atoms with E-state index in [-0.39, 0.29) is 18.4 Å². The first-order valence-corrected chi connectivity index (χ1v) is 8.70. The van der Waals surface area contributed by atoms with E-state index in [1.807, 2.05) is 49.1 Å². The van der Waals surface area contributed by atoms with Crippen LogP contribution in [0.2, 0.25) is 0 Å².